The van der Waals surface area contributed by atoms with E-state index >= 15 is 0 Å². The van der Waals surface area contributed by atoms with Gasteiger partial charge in [-0.15, -0.1) is 11.3 Å². The lowest BCUT2D eigenvalue weighted by Crippen LogP contribution is -2.19. The Balaban J connectivity index is 2.26. The average Bonchev–Trinajstić information content (AvgIpc) is 2.83. The molecule has 0 saturated carbocycles. The monoisotopic (exact) mass is 291 g/mol. The molecule has 20 heavy (non-hydrogen) atoms. The fourth-order valence-corrected chi connectivity index (χ4v) is 2.59. The van der Waals surface area contributed by atoms with Gasteiger partial charge in [0, 0.05) is 12.4 Å². The Bertz CT molecular complexity index is 625. The molecule has 0 bridgehead atoms. The van der Waals surface area contributed by atoms with Crippen LogP contribution in [0.15, 0.2) is 23.6 Å². The topological polar surface area (TPSA) is 68.5 Å². The number of nitrogens with two attached hydrogens (primary N) is 1. The predicted octanol–water partition coefficient (Wildman–Crippen LogP) is 2.46. The Kier molecular flexibility index (Phi) is 4.24. The van der Waals surface area contributed by atoms with Crippen LogP contribution < -0.4 is 10.6 Å². The summed E-state index contributed by atoms with van der Waals surface area (Å²) >= 11 is 1.61. The predicted molar refractivity (Wildman–Crippen MR) is 81.2 cm³/mol. The summed E-state index contributed by atoms with van der Waals surface area (Å²) in [6.45, 7) is 2.61. The van der Waals surface area contributed by atoms with E-state index in [1.54, 1.807) is 23.5 Å². The third-order valence-corrected chi connectivity index (χ3v) is 3.79. The minimum absolute atomic E-state index is 0.381. The number of esters is 1. The molecule has 1 aromatic carbocycles. The van der Waals surface area contributed by atoms with Crippen molar-refractivity contribution in [2.24, 2.45) is 0 Å². The molecular formula is C14H17N3O2S. The molecule has 1 aromatic heterocycles. The minimum atomic E-state index is -0.428. The van der Waals surface area contributed by atoms with Gasteiger partial charge in [0.15, 0.2) is 0 Å². The third kappa shape index (κ3) is 2.91. The zero-order valence-electron chi connectivity index (χ0n) is 11.7. The minimum Gasteiger partial charge on any atom is -0.465 e. The summed E-state index contributed by atoms with van der Waals surface area (Å²) in [5.41, 5.74) is 8.64. The second kappa shape index (κ2) is 5.92. The molecular weight excluding hydrogens is 274 g/mol. The van der Waals surface area contributed by atoms with Gasteiger partial charge >= 0.3 is 5.97 Å². The molecule has 5 nitrogen and oxygen atoms in total. The standard InChI is InChI=1S/C14H17N3O2S/c1-9-16-10(8-20-9)7-17(2)12-6-4-5-11(13(12)15)14(18)19-3/h4-6,8H,7,15H2,1-3H3. The van der Waals surface area contributed by atoms with Crippen LogP contribution in [0.2, 0.25) is 0 Å². The summed E-state index contributed by atoms with van der Waals surface area (Å²) < 4.78 is 4.73. The van der Waals surface area contributed by atoms with Crippen molar-refractivity contribution in [2.75, 3.05) is 24.8 Å². The Morgan fingerprint density at radius 1 is 1.50 bits per heavy atom. The van der Waals surface area contributed by atoms with Crippen molar-refractivity contribution < 1.29 is 9.53 Å². The number of thiazole rings is 1. The number of carbonyl (C=O) groups excluding carboxylic acids is 1. The largest absolute Gasteiger partial charge is 0.465 e. The summed E-state index contributed by atoms with van der Waals surface area (Å²) in [6.07, 6.45) is 0. The summed E-state index contributed by atoms with van der Waals surface area (Å²) in [5.74, 6) is -0.428. The van der Waals surface area contributed by atoms with Crippen molar-refractivity contribution in [3.8, 4) is 0 Å². The van der Waals surface area contributed by atoms with Gasteiger partial charge in [0.2, 0.25) is 0 Å². The number of aromatic nitrogens is 1. The molecule has 0 amide bonds. The highest BCUT2D eigenvalue weighted by Crippen LogP contribution is 2.27. The fraction of sp³-hybridized carbons (Fsp3) is 0.286. The van der Waals surface area contributed by atoms with Gasteiger partial charge in [-0.2, -0.15) is 0 Å². The van der Waals surface area contributed by atoms with Gasteiger partial charge < -0.3 is 15.4 Å². The van der Waals surface area contributed by atoms with Crippen LogP contribution in [0, 0.1) is 6.92 Å². The molecule has 1 heterocycles. The van der Waals surface area contributed by atoms with Crippen molar-refractivity contribution in [3.63, 3.8) is 0 Å². The van der Waals surface area contributed by atoms with Crippen LogP contribution in [-0.2, 0) is 11.3 Å². The number of nitrogen functional groups attached to an aromatic ring is 1. The zero-order valence-corrected chi connectivity index (χ0v) is 12.5. The Morgan fingerprint density at radius 2 is 2.25 bits per heavy atom. The molecule has 0 radical (unpaired) electrons. The van der Waals surface area contributed by atoms with Gasteiger partial charge in [0.1, 0.15) is 0 Å². The van der Waals surface area contributed by atoms with E-state index in [1.807, 2.05) is 30.3 Å². The molecule has 0 spiro atoms. The number of hydrogen-bond donors (Lipinski definition) is 1. The van der Waals surface area contributed by atoms with E-state index in [-0.39, 0.29) is 0 Å². The second-order valence-corrected chi connectivity index (χ2v) is 5.51. The molecule has 0 fully saturated rings. The molecule has 0 saturated heterocycles. The lowest BCUT2D eigenvalue weighted by atomic mass is 10.1. The summed E-state index contributed by atoms with van der Waals surface area (Å²) in [5, 5.41) is 3.05. The van der Waals surface area contributed by atoms with Crippen LogP contribution in [0.1, 0.15) is 21.1 Å². The number of methoxy groups -OCH3 is 1. The van der Waals surface area contributed by atoms with Crippen LogP contribution >= 0.6 is 11.3 Å². The van der Waals surface area contributed by atoms with Gasteiger partial charge in [-0.1, -0.05) is 6.07 Å². The molecule has 0 atom stereocenters. The van der Waals surface area contributed by atoms with Crippen LogP contribution in [0.4, 0.5) is 11.4 Å². The van der Waals surface area contributed by atoms with E-state index in [9.17, 15) is 4.79 Å². The number of hydrogen-bond acceptors (Lipinski definition) is 6. The van der Waals surface area contributed by atoms with Gasteiger partial charge in [0.25, 0.3) is 0 Å². The number of aryl methyl sites for hydroxylation is 1. The van der Waals surface area contributed by atoms with E-state index in [4.69, 9.17) is 10.5 Å². The first kappa shape index (κ1) is 14.3. The van der Waals surface area contributed by atoms with Crippen molar-refractivity contribution in [1.29, 1.82) is 0 Å². The smallest absolute Gasteiger partial charge is 0.340 e. The first-order valence-corrected chi connectivity index (χ1v) is 7.00. The SMILES string of the molecule is COC(=O)c1cccc(N(C)Cc2csc(C)n2)c1N. The van der Waals surface area contributed by atoms with Crippen LogP contribution in [-0.4, -0.2) is 25.1 Å². The van der Waals surface area contributed by atoms with Crippen LogP contribution in [0.3, 0.4) is 0 Å². The summed E-state index contributed by atoms with van der Waals surface area (Å²) in [6, 6.07) is 5.33. The number of nitrogens with zero attached hydrogens (tertiary/aromatic N) is 2. The average molecular weight is 291 g/mol. The molecule has 6 heteroatoms. The lowest BCUT2D eigenvalue weighted by molar-refractivity contribution is 0.0602. The molecule has 0 unspecified atom stereocenters. The van der Waals surface area contributed by atoms with E-state index < -0.39 is 5.97 Å². The maximum atomic E-state index is 11.6. The van der Waals surface area contributed by atoms with E-state index in [2.05, 4.69) is 4.98 Å². The highest BCUT2D eigenvalue weighted by Gasteiger charge is 2.15. The van der Waals surface area contributed by atoms with Crippen molar-refractivity contribution in [3.05, 3.63) is 39.8 Å². The molecule has 0 aliphatic rings. The number of rotatable bonds is 4. The molecule has 0 aliphatic carbocycles. The van der Waals surface area contributed by atoms with E-state index in [0.717, 1.165) is 16.4 Å². The van der Waals surface area contributed by atoms with Gasteiger partial charge in [-0.25, -0.2) is 9.78 Å². The molecule has 0 aliphatic heterocycles. The van der Waals surface area contributed by atoms with Crippen molar-refractivity contribution in [2.45, 2.75) is 13.5 Å². The van der Waals surface area contributed by atoms with Gasteiger partial charge in [-0.05, 0) is 19.1 Å². The van der Waals surface area contributed by atoms with E-state index in [0.29, 0.717) is 17.8 Å². The van der Waals surface area contributed by atoms with Gasteiger partial charge in [-0.3, -0.25) is 0 Å². The Hall–Kier alpha value is -2.08. The highest BCUT2D eigenvalue weighted by atomic mass is 32.1. The molecule has 2 rings (SSSR count). The fourth-order valence-electron chi connectivity index (χ4n) is 1.98. The normalized spacial score (nSPS) is 10.3. The van der Waals surface area contributed by atoms with Gasteiger partial charge in [0.05, 0.1) is 41.3 Å². The number of carbonyl (C=O) groups is 1. The van der Waals surface area contributed by atoms with E-state index in [1.165, 1.54) is 7.11 Å². The molecule has 2 aromatic rings. The number of ether oxygens (including phenoxy) is 1. The Morgan fingerprint density at radius 3 is 2.85 bits per heavy atom. The quantitative estimate of drug-likeness (QED) is 0.692. The lowest BCUT2D eigenvalue weighted by Gasteiger charge is -2.21. The number of benzene rings is 1. The number of para-hydroxylation sites is 1. The molecule has 106 valence electrons. The third-order valence-electron chi connectivity index (χ3n) is 2.97. The van der Waals surface area contributed by atoms with Crippen molar-refractivity contribution >= 4 is 28.7 Å². The number of anilines is 2. The zero-order chi connectivity index (χ0) is 14.7. The van der Waals surface area contributed by atoms with Crippen molar-refractivity contribution in [1.82, 2.24) is 4.98 Å². The maximum Gasteiger partial charge on any atom is 0.340 e. The first-order chi connectivity index (χ1) is 9.52. The van der Waals surface area contributed by atoms with Crippen LogP contribution in [0.5, 0.6) is 0 Å². The maximum absolute atomic E-state index is 11.6. The Labute approximate surface area is 122 Å². The summed E-state index contributed by atoms with van der Waals surface area (Å²) in [4.78, 5) is 18.0. The van der Waals surface area contributed by atoms with Crippen LogP contribution in [0.25, 0.3) is 0 Å². The first-order valence-electron chi connectivity index (χ1n) is 6.12. The summed E-state index contributed by atoms with van der Waals surface area (Å²) in [7, 11) is 3.26. The second-order valence-electron chi connectivity index (χ2n) is 4.44. The molecule has 2 N–H and O–H groups in total. The highest BCUT2D eigenvalue weighted by molar-refractivity contribution is 7.09.